The molecule has 0 saturated carbocycles. The van der Waals surface area contributed by atoms with Crippen molar-refractivity contribution in [2.75, 3.05) is 24.3 Å². The highest BCUT2D eigenvalue weighted by atomic mass is 16.6. The number of ether oxygens (including phenoxy) is 1. The number of hydrogen-bond acceptors (Lipinski definition) is 6. The van der Waals surface area contributed by atoms with E-state index < -0.39 is 17.6 Å². The summed E-state index contributed by atoms with van der Waals surface area (Å²) in [5.74, 6) is -0.920. The molecular weight excluding hydrogens is 422 g/mol. The Morgan fingerprint density at radius 3 is 2.36 bits per heavy atom. The molecule has 9 heteroatoms. The van der Waals surface area contributed by atoms with E-state index in [0.717, 1.165) is 16.7 Å². The highest BCUT2D eigenvalue weighted by Gasteiger charge is 2.32. The van der Waals surface area contributed by atoms with Gasteiger partial charge in [-0.1, -0.05) is 24.8 Å². The molecule has 174 valence electrons. The number of anilines is 2. The molecule has 0 unspecified atom stereocenters. The average Bonchev–Trinajstić information content (AvgIpc) is 3.05. The third-order valence-corrected chi connectivity index (χ3v) is 5.16. The van der Waals surface area contributed by atoms with Crippen LogP contribution in [0.15, 0.2) is 48.6 Å². The van der Waals surface area contributed by atoms with Crippen LogP contribution in [0.2, 0.25) is 0 Å². The number of hydrazine groups is 1. The van der Waals surface area contributed by atoms with Gasteiger partial charge in [0.1, 0.15) is 5.60 Å². The molecule has 0 radical (unpaired) electrons. The average molecular weight is 452 g/mol. The fraction of sp³-hybridized carbons (Fsp3) is 0.292. The molecule has 0 aromatic heterocycles. The summed E-state index contributed by atoms with van der Waals surface area (Å²) in [6.45, 7) is 9.35. The molecule has 1 heterocycles. The molecule has 5 N–H and O–H groups in total. The Balaban J connectivity index is 1.91. The zero-order valence-electron chi connectivity index (χ0n) is 19.3. The number of nitrogens with one attached hydrogen (secondary N) is 1. The van der Waals surface area contributed by atoms with Gasteiger partial charge in [-0.25, -0.2) is 15.2 Å². The summed E-state index contributed by atoms with van der Waals surface area (Å²) in [5, 5.41) is 1.31. The molecular formula is C24H29N5O4. The van der Waals surface area contributed by atoms with Gasteiger partial charge in [0.2, 0.25) is 5.91 Å². The highest BCUT2D eigenvalue weighted by Crippen LogP contribution is 2.36. The molecule has 1 aliphatic heterocycles. The molecule has 9 nitrogen and oxygen atoms in total. The number of nitrogens with two attached hydrogens (primary N) is 2. The summed E-state index contributed by atoms with van der Waals surface area (Å²) in [6.07, 6.45) is -0.526. The lowest BCUT2D eigenvalue weighted by molar-refractivity contribution is -0.114. The van der Waals surface area contributed by atoms with Crippen LogP contribution in [0.5, 0.6) is 0 Å². The predicted molar refractivity (Wildman–Crippen MR) is 127 cm³/mol. The van der Waals surface area contributed by atoms with Crippen molar-refractivity contribution < 1.29 is 19.1 Å². The molecule has 0 saturated heterocycles. The smallest absolute Gasteiger partial charge is 0.429 e. The van der Waals surface area contributed by atoms with E-state index in [1.54, 1.807) is 46.0 Å². The van der Waals surface area contributed by atoms with Gasteiger partial charge in [0.15, 0.2) is 0 Å². The summed E-state index contributed by atoms with van der Waals surface area (Å²) in [5.41, 5.74) is 17.6. The standard InChI is InChI=1S/C24H29N5O4/c1-14(21(26)30)12-28-13-18-17(10-11-19(25)20(18)22(28)31)15-6-8-16(9-7-15)29(27-5)23(32)33-24(2,3)4/h6-11,27H,1,12-13,25H2,2-5H3,(H2,26,30). The van der Waals surface area contributed by atoms with Crippen molar-refractivity contribution >= 4 is 29.3 Å². The number of hydrogen-bond donors (Lipinski definition) is 3. The van der Waals surface area contributed by atoms with E-state index in [0.29, 0.717) is 16.9 Å². The Bertz CT molecular complexity index is 1120. The molecule has 2 aromatic rings. The molecule has 0 aliphatic carbocycles. The van der Waals surface area contributed by atoms with Crippen molar-refractivity contribution in [2.45, 2.75) is 32.9 Å². The quantitative estimate of drug-likeness (QED) is 0.352. The first-order valence-corrected chi connectivity index (χ1v) is 10.4. The second-order valence-electron chi connectivity index (χ2n) is 8.77. The van der Waals surface area contributed by atoms with Crippen molar-refractivity contribution in [2.24, 2.45) is 5.73 Å². The van der Waals surface area contributed by atoms with Crippen molar-refractivity contribution in [1.29, 1.82) is 0 Å². The van der Waals surface area contributed by atoms with E-state index in [1.807, 2.05) is 18.2 Å². The van der Waals surface area contributed by atoms with Gasteiger partial charge < -0.3 is 21.1 Å². The Kier molecular flexibility index (Phi) is 6.46. The number of benzene rings is 2. The van der Waals surface area contributed by atoms with Crippen LogP contribution in [0.3, 0.4) is 0 Å². The fourth-order valence-electron chi connectivity index (χ4n) is 3.63. The van der Waals surface area contributed by atoms with Gasteiger partial charge in [-0.2, -0.15) is 0 Å². The Hall–Kier alpha value is -3.85. The maximum absolute atomic E-state index is 12.9. The van der Waals surface area contributed by atoms with Gasteiger partial charge in [-0.15, -0.1) is 0 Å². The SMILES string of the molecule is C=C(CN1Cc2c(-c3ccc(N(NC)C(=O)OC(C)(C)C)cc3)ccc(N)c2C1=O)C(N)=O. The summed E-state index contributed by atoms with van der Waals surface area (Å²) in [4.78, 5) is 38.3. The third-order valence-electron chi connectivity index (χ3n) is 5.16. The highest BCUT2D eigenvalue weighted by molar-refractivity contribution is 6.06. The van der Waals surface area contributed by atoms with Crippen molar-refractivity contribution in [3.8, 4) is 11.1 Å². The van der Waals surface area contributed by atoms with Crippen LogP contribution in [-0.2, 0) is 16.1 Å². The number of carbonyl (C=O) groups excluding carboxylic acids is 3. The number of fused-ring (bicyclic) bond motifs is 1. The Morgan fingerprint density at radius 1 is 1.18 bits per heavy atom. The minimum Gasteiger partial charge on any atom is -0.442 e. The minimum absolute atomic E-state index is 0.0354. The zero-order chi connectivity index (χ0) is 24.5. The summed E-state index contributed by atoms with van der Waals surface area (Å²) in [6, 6.07) is 10.8. The number of rotatable bonds is 6. The topological polar surface area (TPSA) is 131 Å². The van der Waals surface area contributed by atoms with E-state index in [-0.39, 0.29) is 24.6 Å². The van der Waals surface area contributed by atoms with E-state index in [2.05, 4.69) is 12.0 Å². The second kappa shape index (κ2) is 8.95. The van der Waals surface area contributed by atoms with Gasteiger partial charge >= 0.3 is 6.09 Å². The van der Waals surface area contributed by atoms with Gasteiger partial charge in [-0.05, 0) is 55.7 Å². The number of primary amides is 1. The van der Waals surface area contributed by atoms with E-state index >= 15 is 0 Å². The van der Waals surface area contributed by atoms with Crippen LogP contribution in [0.1, 0.15) is 36.7 Å². The molecule has 33 heavy (non-hydrogen) atoms. The molecule has 0 atom stereocenters. The van der Waals surface area contributed by atoms with Crippen LogP contribution in [0.25, 0.3) is 11.1 Å². The maximum atomic E-state index is 12.9. The summed E-state index contributed by atoms with van der Waals surface area (Å²) < 4.78 is 5.43. The Morgan fingerprint density at radius 2 is 1.82 bits per heavy atom. The van der Waals surface area contributed by atoms with Gasteiger partial charge in [0.05, 0.1) is 17.8 Å². The van der Waals surface area contributed by atoms with E-state index in [4.69, 9.17) is 16.2 Å². The number of nitrogen functional groups attached to an aromatic ring is 1. The predicted octanol–water partition coefficient (Wildman–Crippen LogP) is 2.81. The van der Waals surface area contributed by atoms with Gasteiger partial charge in [0, 0.05) is 24.9 Å². The normalized spacial score (nSPS) is 13.0. The van der Waals surface area contributed by atoms with Crippen LogP contribution >= 0.6 is 0 Å². The van der Waals surface area contributed by atoms with Gasteiger partial charge in [-0.3, -0.25) is 9.59 Å². The first kappa shape index (κ1) is 23.8. The fourth-order valence-corrected chi connectivity index (χ4v) is 3.63. The minimum atomic E-state index is -0.651. The third kappa shape index (κ3) is 4.98. The molecule has 0 spiro atoms. The monoisotopic (exact) mass is 451 g/mol. The largest absolute Gasteiger partial charge is 0.442 e. The first-order chi connectivity index (χ1) is 15.4. The maximum Gasteiger partial charge on any atom is 0.429 e. The number of amides is 3. The Labute approximate surface area is 192 Å². The molecule has 3 rings (SSSR count). The summed E-state index contributed by atoms with van der Waals surface area (Å²) in [7, 11) is 1.63. The molecule has 0 fully saturated rings. The molecule has 3 amide bonds. The summed E-state index contributed by atoms with van der Waals surface area (Å²) >= 11 is 0. The lowest BCUT2D eigenvalue weighted by Gasteiger charge is -2.26. The van der Waals surface area contributed by atoms with Crippen molar-refractivity contribution in [3.05, 3.63) is 59.7 Å². The molecule has 2 aromatic carbocycles. The lowest BCUT2D eigenvalue weighted by Crippen LogP contribution is -2.44. The first-order valence-electron chi connectivity index (χ1n) is 10.4. The van der Waals surface area contributed by atoms with Crippen LogP contribution in [0.4, 0.5) is 16.2 Å². The number of carbonyl (C=O) groups is 3. The molecule has 0 bridgehead atoms. The van der Waals surface area contributed by atoms with Crippen LogP contribution in [0, 0.1) is 0 Å². The van der Waals surface area contributed by atoms with Crippen molar-refractivity contribution in [3.63, 3.8) is 0 Å². The van der Waals surface area contributed by atoms with Crippen molar-refractivity contribution in [1.82, 2.24) is 10.3 Å². The van der Waals surface area contributed by atoms with E-state index in [1.165, 1.54) is 9.91 Å². The second-order valence-corrected chi connectivity index (χ2v) is 8.77. The lowest BCUT2D eigenvalue weighted by atomic mass is 9.95. The van der Waals surface area contributed by atoms with Crippen LogP contribution in [-0.4, -0.2) is 42.0 Å². The van der Waals surface area contributed by atoms with Crippen LogP contribution < -0.4 is 21.9 Å². The van der Waals surface area contributed by atoms with E-state index in [9.17, 15) is 14.4 Å². The number of nitrogens with zero attached hydrogens (tertiary/aromatic N) is 2. The molecule has 1 aliphatic rings. The van der Waals surface area contributed by atoms with Gasteiger partial charge in [0.25, 0.3) is 5.91 Å². The zero-order valence-corrected chi connectivity index (χ0v) is 19.3.